The third-order valence-corrected chi connectivity index (χ3v) is 3.52. The number of nitrogens with two attached hydrogens (primary N) is 1. The molecule has 0 spiro atoms. The number of aryl methyl sites for hydroxylation is 4. The standard InChI is InChI=1S/C14H21N3O/c1-8-6-12(17(5)16-8)7-13(15)14-9(2)10(3)18-11(14)4/h6,13H,7,15H2,1-5H3. The van der Waals surface area contributed by atoms with Crippen molar-refractivity contribution in [2.24, 2.45) is 12.8 Å². The van der Waals surface area contributed by atoms with Crippen molar-refractivity contribution < 1.29 is 4.42 Å². The van der Waals surface area contributed by atoms with Crippen molar-refractivity contribution >= 4 is 0 Å². The van der Waals surface area contributed by atoms with E-state index in [1.54, 1.807) is 0 Å². The summed E-state index contributed by atoms with van der Waals surface area (Å²) < 4.78 is 7.53. The van der Waals surface area contributed by atoms with E-state index in [0.29, 0.717) is 0 Å². The molecule has 1 unspecified atom stereocenters. The van der Waals surface area contributed by atoms with Crippen LogP contribution in [0.25, 0.3) is 0 Å². The number of hydrogen-bond acceptors (Lipinski definition) is 3. The summed E-state index contributed by atoms with van der Waals surface area (Å²) in [7, 11) is 1.95. The summed E-state index contributed by atoms with van der Waals surface area (Å²) in [4.78, 5) is 0. The van der Waals surface area contributed by atoms with Crippen LogP contribution in [-0.2, 0) is 13.5 Å². The first-order chi connectivity index (χ1) is 8.40. The van der Waals surface area contributed by atoms with Crippen molar-refractivity contribution in [3.63, 3.8) is 0 Å². The Kier molecular flexibility index (Phi) is 3.30. The van der Waals surface area contributed by atoms with E-state index in [9.17, 15) is 0 Å². The minimum absolute atomic E-state index is 0.0442. The summed E-state index contributed by atoms with van der Waals surface area (Å²) in [6.07, 6.45) is 0.776. The van der Waals surface area contributed by atoms with E-state index in [2.05, 4.69) is 18.1 Å². The average Bonchev–Trinajstić information content (AvgIpc) is 2.69. The van der Waals surface area contributed by atoms with E-state index in [0.717, 1.165) is 34.9 Å². The average molecular weight is 247 g/mol. The van der Waals surface area contributed by atoms with E-state index in [-0.39, 0.29) is 6.04 Å². The first kappa shape index (κ1) is 12.9. The van der Waals surface area contributed by atoms with E-state index in [1.807, 2.05) is 32.5 Å². The maximum absolute atomic E-state index is 6.32. The van der Waals surface area contributed by atoms with Crippen molar-refractivity contribution in [2.45, 2.75) is 40.2 Å². The number of furan rings is 1. The fourth-order valence-corrected chi connectivity index (χ4v) is 2.54. The molecule has 0 saturated heterocycles. The second-order valence-corrected chi connectivity index (χ2v) is 4.96. The van der Waals surface area contributed by atoms with Gasteiger partial charge in [-0.05, 0) is 39.3 Å². The van der Waals surface area contributed by atoms with Gasteiger partial charge in [0.15, 0.2) is 0 Å². The number of hydrogen-bond donors (Lipinski definition) is 1. The molecular formula is C14H21N3O. The van der Waals surface area contributed by atoms with Crippen molar-refractivity contribution in [3.05, 3.63) is 40.1 Å². The highest BCUT2D eigenvalue weighted by atomic mass is 16.3. The molecule has 4 nitrogen and oxygen atoms in total. The highest BCUT2D eigenvalue weighted by Gasteiger charge is 2.19. The summed E-state index contributed by atoms with van der Waals surface area (Å²) in [5.41, 5.74) is 10.8. The SMILES string of the molecule is Cc1cc(CC(N)c2c(C)oc(C)c2C)n(C)n1. The molecule has 98 valence electrons. The number of rotatable bonds is 3. The molecule has 2 rings (SSSR count). The van der Waals surface area contributed by atoms with E-state index in [4.69, 9.17) is 10.2 Å². The lowest BCUT2D eigenvalue weighted by molar-refractivity contribution is 0.495. The molecular weight excluding hydrogens is 226 g/mol. The first-order valence-electron chi connectivity index (χ1n) is 6.21. The van der Waals surface area contributed by atoms with Crippen LogP contribution in [0.2, 0.25) is 0 Å². The molecule has 1 atom stereocenters. The Morgan fingerprint density at radius 2 is 1.94 bits per heavy atom. The predicted molar refractivity (Wildman–Crippen MR) is 71.5 cm³/mol. The van der Waals surface area contributed by atoms with Crippen LogP contribution in [-0.4, -0.2) is 9.78 Å². The topological polar surface area (TPSA) is 57.0 Å². The second kappa shape index (κ2) is 4.61. The van der Waals surface area contributed by atoms with Gasteiger partial charge in [-0.1, -0.05) is 0 Å². The maximum atomic E-state index is 6.32. The minimum atomic E-state index is -0.0442. The molecule has 0 bridgehead atoms. The fourth-order valence-electron chi connectivity index (χ4n) is 2.54. The molecule has 2 aromatic rings. The summed E-state index contributed by atoms with van der Waals surface area (Å²) in [6.45, 7) is 8.01. The van der Waals surface area contributed by atoms with Crippen LogP contribution in [0.4, 0.5) is 0 Å². The van der Waals surface area contributed by atoms with Crippen molar-refractivity contribution in [1.82, 2.24) is 9.78 Å². The monoisotopic (exact) mass is 247 g/mol. The summed E-state index contributed by atoms with van der Waals surface area (Å²) in [6, 6.07) is 2.04. The van der Waals surface area contributed by atoms with Gasteiger partial charge in [0.1, 0.15) is 11.5 Å². The van der Waals surface area contributed by atoms with Gasteiger partial charge >= 0.3 is 0 Å². The minimum Gasteiger partial charge on any atom is -0.466 e. The third-order valence-electron chi connectivity index (χ3n) is 3.52. The molecule has 0 aliphatic heterocycles. The van der Waals surface area contributed by atoms with Gasteiger partial charge in [-0.15, -0.1) is 0 Å². The molecule has 2 heterocycles. The quantitative estimate of drug-likeness (QED) is 0.906. The Bertz CT molecular complexity index is 566. The maximum Gasteiger partial charge on any atom is 0.106 e. The van der Waals surface area contributed by atoms with Crippen LogP contribution in [0.5, 0.6) is 0 Å². The molecule has 18 heavy (non-hydrogen) atoms. The van der Waals surface area contributed by atoms with Crippen LogP contribution in [0.15, 0.2) is 10.5 Å². The van der Waals surface area contributed by atoms with E-state index < -0.39 is 0 Å². The summed E-state index contributed by atoms with van der Waals surface area (Å²) in [5, 5.41) is 4.35. The molecule has 0 aliphatic rings. The molecule has 0 aromatic carbocycles. The van der Waals surface area contributed by atoms with E-state index >= 15 is 0 Å². The van der Waals surface area contributed by atoms with Gasteiger partial charge in [-0.25, -0.2) is 0 Å². The summed E-state index contributed by atoms with van der Waals surface area (Å²) in [5.74, 6) is 1.88. The van der Waals surface area contributed by atoms with Crippen LogP contribution in [0.3, 0.4) is 0 Å². The highest BCUT2D eigenvalue weighted by molar-refractivity contribution is 5.34. The largest absolute Gasteiger partial charge is 0.466 e. The molecule has 4 heteroatoms. The lowest BCUT2D eigenvalue weighted by Gasteiger charge is -2.12. The van der Waals surface area contributed by atoms with Crippen LogP contribution < -0.4 is 5.73 Å². The molecule has 0 saturated carbocycles. The molecule has 2 N–H and O–H groups in total. The Morgan fingerprint density at radius 1 is 1.28 bits per heavy atom. The second-order valence-electron chi connectivity index (χ2n) is 4.96. The van der Waals surface area contributed by atoms with Crippen LogP contribution in [0.1, 0.15) is 40.1 Å². The molecule has 0 fully saturated rings. The molecule has 0 amide bonds. The zero-order valence-corrected chi connectivity index (χ0v) is 11.7. The third kappa shape index (κ3) is 2.20. The van der Waals surface area contributed by atoms with Crippen LogP contribution in [0, 0.1) is 27.7 Å². The van der Waals surface area contributed by atoms with Gasteiger partial charge in [0.25, 0.3) is 0 Å². The Labute approximate surface area is 108 Å². The van der Waals surface area contributed by atoms with Gasteiger partial charge in [-0.2, -0.15) is 5.10 Å². The van der Waals surface area contributed by atoms with Gasteiger partial charge in [0.05, 0.1) is 5.69 Å². The molecule has 0 aliphatic carbocycles. The van der Waals surface area contributed by atoms with Crippen molar-refractivity contribution in [1.29, 1.82) is 0 Å². The Hall–Kier alpha value is -1.55. The van der Waals surface area contributed by atoms with Gasteiger partial charge < -0.3 is 10.2 Å². The number of aromatic nitrogens is 2. The lowest BCUT2D eigenvalue weighted by Crippen LogP contribution is -2.16. The zero-order valence-electron chi connectivity index (χ0n) is 11.7. The smallest absolute Gasteiger partial charge is 0.106 e. The van der Waals surface area contributed by atoms with Crippen LogP contribution >= 0.6 is 0 Å². The molecule has 2 aromatic heterocycles. The van der Waals surface area contributed by atoms with Gasteiger partial charge in [0.2, 0.25) is 0 Å². The zero-order chi connectivity index (χ0) is 13.4. The normalized spacial score (nSPS) is 13.0. The van der Waals surface area contributed by atoms with Crippen molar-refractivity contribution in [3.8, 4) is 0 Å². The predicted octanol–water partition coefficient (Wildman–Crippen LogP) is 2.49. The van der Waals surface area contributed by atoms with E-state index in [1.165, 1.54) is 5.56 Å². The van der Waals surface area contributed by atoms with Crippen molar-refractivity contribution in [2.75, 3.05) is 0 Å². The van der Waals surface area contributed by atoms with Gasteiger partial charge in [0, 0.05) is 30.8 Å². The highest BCUT2D eigenvalue weighted by Crippen LogP contribution is 2.27. The molecule has 0 radical (unpaired) electrons. The Balaban J connectivity index is 2.27. The number of nitrogens with zero attached hydrogens (tertiary/aromatic N) is 2. The fraction of sp³-hybridized carbons (Fsp3) is 0.500. The first-order valence-corrected chi connectivity index (χ1v) is 6.21. The van der Waals surface area contributed by atoms with Gasteiger partial charge in [-0.3, -0.25) is 4.68 Å². The Morgan fingerprint density at radius 3 is 2.39 bits per heavy atom. The lowest BCUT2D eigenvalue weighted by atomic mass is 9.99. The summed E-state index contributed by atoms with van der Waals surface area (Å²) >= 11 is 0.